The van der Waals surface area contributed by atoms with E-state index in [1.165, 1.54) is 0 Å². The van der Waals surface area contributed by atoms with Gasteiger partial charge in [-0.15, -0.1) is 0 Å². The van der Waals surface area contributed by atoms with Gasteiger partial charge in [0.25, 0.3) is 0 Å². The molecule has 17 heavy (non-hydrogen) atoms. The standard InChI is InChI=1S/C12H15N3O2/c1-9(5-6-16)14-12(17)15-11-4-2-3-10(7-11)8-13/h2-4,7,9,16H,5-6H2,1H3,(H2,14,15,17)/t9-/m1/s1. The molecule has 2 amide bonds. The molecule has 5 heteroatoms. The summed E-state index contributed by atoms with van der Waals surface area (Å²) in [6.07, 6.45) is 0.506. The molecule has 0 radical (unpaired) electrons. The monoisotopic (exact) mass is 233 g/mol. The Kier molecular flexibility index (Phi) is 4.98. The summed E-state index contributed by atoms with van der Waals surface area (Å²) in [5, 5.41) is 22.7. The Morgan fingerprint density at radius 1 is 1.59 bits per heavy atom. The Bertz CT molecular complexity index is 426. The first kappa shape index (κ1) is 13.0. The van der Waals surface area contributed by atoms with Gasteiger partial charge in [-0.25, -0.2) is 4.79 Å². The van der Waals surface area contributed by atoms with Crippen LogP contribution in [-0.4, -0.2) is 23.8 Å². The van der Waals surface area contributed by atoms with Gasteiger partial charge in [-0.1, -0.05) is 6.07 Å². The van der Waals surface area contributed by atoms with Gasteiger partial charge in [-0.2, -0.15) is 5.26 Å². The zero-order valence-corrected chi connectivity index (χ0v) is 9.60. The predicted molar refractivity (Wildman–Crippen MR) is 64.5 cm³/mol. The molecule has 0 aliphatic rings. The van der Waals surface area contributed by atoms with Crippen LogP contribution in [0.3, 0.4) is 0 Å². The van der Waals surface area contributed by atoms with Crippen LogP contribution < -0.4 is 10.6 Å². The number of benzene rings is 1. The van der Waals surface area contributed by atoms with E-state index in [2.05, 4.69) is 10.6 Å². The number of anilines is 1. The second-order valence-electron chi connectivity index (χ2n) is 3.70. The summed E-state index contributed by atoms with van der Waals surface area (Å²) in [6.45, 7) is 1.84. The minimum atomic E-state index is -0.346. The molecule has 1 atom stereocenters. The lowest BCUT2D eigenvalue weighted by Gasteiger charge is -2.13. The van der Waals surface area contributed by atoms with E-state index in [9.17, 15) is 4.79 Å². The second-order valence-corrected chi connectivity index (χ2v) is 3.70. The molecule has 3 N–H and O–H groups in total. The third-order valence-electron chi connectivity index (χ3n) is 2.19. The predicted octanol–water partition coefficient (Wildman–Crippen LogP) is 1.45. The smallest absolute Gasteiger partial charge is 0.319 e. The van der Waals surface area contributed by atoms with Crippen LogP contribution in [0.15, 0.2) is 24.3 Å². The number of hydrogen-bond acceptors (Lipinski definition) is 3. The van der Waals surface area contributed by atoms with Gasteiger partial charge >= 0.3 is 6.03 Å². The average molecular weight is 233 g/mol. The highest BCUT2D eigenvalue weighted by Crippen LogP contribution is 2.09. The van der Waals surface area contributed by atoms with E-state index >= 15 is 0 Å². The number of rotatable bonds is 4. The Labute approximate surface area is 100 Å². The lowest BCUT2D eigenvalue weighted by molar-refractivity contribution is 0.241. The van der Waals surface area contributed by atoms with Crippen molar-refractivity contribution in [3.05, 3.63) is 29.8 Å². The number of aliphatic hydroxyl groups is 1. The van der Waals surface area contributed by atoms with Crippen LogP contribution >= 0.6 is 0 Å². The summed E-state index contributed by atoms with van der Waals surface area (Å²) < 4.78 is 0. The first-order valence-electron chi connectivity index (χ1n) is 5.34. The van der Waals surface area contributed by atoms with Crippen molar-refractivity contribution in [3.63, 3.8) is 0 Å². The number of nitriles is 1. The van der Waals surface area contributed by atoms with Crippen molar-refractivity contribution >= 4 is 11.7 Å². The van der Waals surface area contributed by atoms with Crippen molar-refractivity contribution in [2.24, 2.45) is 0 Å². The second kappa shape index (κ2) is 6.51. The van der Waals surface area contributed by atoms with Crippen molar-refractivity contribution < 1.29 is 9.90 Å². The quantitative estimate of drug-likeness (QED) is 0.735. The fraction of sp³-hybridized carbons (Fsp3) is 0.333. The van der Waals surface area contributed by atoms with Gasteiger partial charge in [0.1, 0.15) is 0 Å². The molecule has 0 saturated heterocycles. The molecule has 5 nitrogen and oxygen atoms in total. The van der Waals surface area contributed by atoms with Crippen LogP contribution in [0.1, 0.15) is 18.9 Å². The number of nitrogens with zero attached hydrogens (tertiary/aromatic N) is 1. The summed E-state index contributed by atoms with van der Waals surface area (Å²) in [5.74, 6) is 0. The largest absolute Gasteiger partial charge is 0.396 e. The van der Waals surface area contributed by atoms with Crippen LogP contribution in [0.5, 0.6) is 0 Å². The fourth-order valence-electron chi connectivity index (χ4n) is 1.32. The van der Waals surface area contributed by atoms with Gasteiger partial charge in [-0.3, -0.25) is 0 Å². The molecule has 0 heterocycles. The summed E-state index contributed by atoms with van der Waals surface area (Å²) in [5.41, 5.74) is 1.06. The molecule has 0 aliphatic heterocycles. The highest BCUT2D eigenvalue weighted by atomic mass is 16.3. The molecule has 1 aromatic carbocycles. The van der Waals surface area contributed by atoms with Crippen molar-refractivity contribution in [3.8, 4) is 6.07 Å². The number of carbonyl (C=O) groups excluding carboxylic acids is 1. The zero-order valence-electron chi connectivity index (χ0n) is 9.60. The van der Waals surface area contributed by atoms with Crippen molar-refractivity contribution in [2.45, 2.75) is 19.4 Å². The fourth-order valence-corrected chi connectivity index (χ4v) is 1.32. The normalized spacial score (nSPS) is 11.4. The highest BCUT2D eigenvalue weighted by molar-refractivity contribution is 5.89. The maximum atomic E-state index is 11.5. The van der Waals surface area contributed by atoms with E-state index in [1.54, 1.807) is 24.3 Å². The van der Waals surface area contributed by atoms with E-state index in [4.69, 9.17) is 10.4 Å². The molecular formula is C12H15N3O2. The SMILES string of the molecule is C[C@H](CCO)NC(=O)Nc1cccc(C#N)c1. The van der Waals surface area contributed by atoms with Gasteiger partial charge in [0.05, 0.1) is 11.6 Å². The number of carbonyl (C=O) groups is 1. The van der Waals surface area contributed by atoms with Gasteiger partial charge < -0.3 is 15.7 Å². The van der Waals surface area contributed by atoms with E-state index in [-0.39, 0.29) is 18.7 Å². The topological polar surface area (TPSA) is 85.2 Å². The van der Waals surface area contributed by atoms with Crippen molar-refractivity contribution in [2.75, 3.05) is 11.9 Å². The number of amides is 2. The number of urea groups is 1. The molecule has 1 aromatic rings. The van der Waals surface area contributed by atoms with Crippen LogP contribution in [0.2, 0.25) is 0 Å². The van der Waals surface area contributed by atoms with E-state index in [1.807, 2.05) is 13.0 Å². The summed E-state index contributed by atoms with van der Waals surface area (Å²) in [7, 11) is 0. The zero-order chi connectivity index (χ0) is 12.7. The molecule has 90 valence electrons. The maximum Gasteiger partial charge on any atom is 0.319 e. The molecule has 0 fully saturated rings. The van der Waals surface area contributed by atoms with Gasteiger partial charge in [-0.05, 0) is 31.5 Å². The average Bonchev–Trinajstić information content (AvgIpc) is 2.29. The first-order valence-corrected chi connectivity index (χ1v) is 5.34. The van der Waals surface area contributed by atoms with Gasteiger partial charge in [0.15, 0.2) is 0 Å². The summed E-state index contributed by atoms with van der Waals surface area (Å²) in [6, 6.07) is 8.22. The molecule has 0 aromatic heterocycles. The lowest BCUT2D eigenvalue weighted by atomic mass is 10.2. The molecular weight excluding hydrogens is 218 g/mol. The Morgan fingerprint density at radius 3 is 3.00 bits per heavy atom. The highest BCUT2D eigenvalue weighted by Gasteiger charge is 2.06. The molecule has 0 aliphatic carbocycles. The number of aliphatic hydroxyl groups excluding tert-OH is 1. The van der Waals surface area contributed by atoms with Gasteiger partial charge in [0.2, 0.25) is 0 Å². The first-order chi connectivity index (χ1) is 8.15. The maximum absolute atomic E-state index is 11.5. The Morgan fingerprint density at radius 2 is 2.35 bits per heavy atom. The van der Waals surface area contributed by atoms with Gasteiger partial charge in [0, 0.05) is 18.3 Å². The number of nitrogens with one attached hydrogen (secondary N) is 2. The molecule has 0 bridgehead atoms. The minimum absolute atomic E-state index is 0.0331. The van der Waals surface area contributed by atoms with Crippen molar-refractivity contribution in [1.29, 1.82) is 5.26 Å². The molecule has 1 rings (SSSR count). The van der Waals surface area contributed by atoms with E-state index in [0.717, 1.165) is 0 Å². The van der Waals surface area contributed by atoms with Crippen LogP contribution in [0.25, 0.3) is 0 Å². The third-order valence-corrected chi connectivity index (χ3v) is 2.19. The van der Waals surface area contributed by atoms with Crippen LogP contribution in [-0.2, 0) is 0 Å². The third kappa shape index (κ3) is 4.53. The minimum Gasteiger partial charge on any atom is -0.396 e. The molecule has 0 saturated carbocycles. The lowest BCUT2D eigenvalue weighted by Crippen LogP contribution is -2.36. The molecule has 0 unspecified atom stereocenters. The summed E-state index contributed by atoms with van der Waals surface area (Å²) in [4.78, 5) is 11.5. The van der Waals surface area contributed by atoms with Crippen LogP contribution in [0.4, 0.5) is 10.5 Å². The van der Waals surface area contributed by atoms with Crippen LogP contribution in [0, 0.1) is 11.3 Å². The van der Waals surface area contributed by atoms with E-state index in [0.29, 0.717) is 17.7 Å². The Hall–Kier alpha value is -2.06. The number of hydrogen-bond donors (Lipinski definition) is 3. The Balaban J connectivity index is 2.53. The van der Waals surface area contributed by atoms with E-state index < -0.39 is 0 Å². The molecule has 0 spiro atoms. The summed E-state index contributed by atoms with van der Waals surface area (Å²) >= 11 is 0. The van der Waals surface area contributed by atoms with Crippen molar-refractivity contribution in [1.82, 2.24) is 5.32 Å².